The molecule has 3 unspecified atom stereocenters. The number of amides is 2. The second-order valence-electron chi connectivity index (χ2n) is 9.89. The number of carbonyl (C=O) groups is 3. The first-order valence-electron chi connectivity index (χ1n) is 12.3. The molecule has 0 radical (unpaired) electrons. The fraction of sp³-hybridized carbons (Fsp3) is 0.464. The third-order valence-corrected chi connectivity index (χ3v) is 6.69. The Bertz CT molecular complexity index is 1010. The summed E-state index contributed by atoms with van der Waals surface area (Å²) in [5.74, 6) is -1.42. The molecule has 188 valence electrons. The van der Waals surface area contributed by atoms with E-state index < -0.39 is 24.0 Å². The minimum atomic E-state index is -0.872. The maximum absolute atomic E-state index is 12.6. The molecule has 1 aliphatic rings. The third kappa shape index (κ3) is 6.84. The second-order valence-corrected chi connectivity index (χ2v) is 9.89. The van der Waals surface area contributed by atoms with Gasteiger partial charge in [-0.2, -0.15) is 0 Å². The molecule has 0 heterocycles. The Morgan fingerprint density at radius 3 is 2.06 bits per heavy atom. The van der Waals surface area contributed by atoms with Gasteiger partial charge in [-0.25, -0.2) is 4.79 Å². The van der Waals surface area contributed by atoms with Gasteiger partial charge in [0.1, 0.15) is 6.61 Å². The number of nitrogens with one attached hydrogen (secondary N) is 2. The van der Waals surface area contributed by atoms with Gasteiger partial charge in [0.15, 0.2) is 0 Å². The van der Waals surface area contributed by atoms with Gasteiger partial charge in [0.2, 0.25) is 5.91 Å². The molecular formula is C28H36N2O5. The Kier molecular flexibility index (Phi) is 8.90. The zero-order valence-electron chi connectivity index (χ0n) is 20.9. The number of alkyl carbamates (subject to hydrolysis) is 1. The molecule has 0 spiro atoms. The number of aliphatic carboxylic acids is 1. The first kappa shape index (κ1) is 26.3. The summed E-state index contributed by atoms with van der Waals surface area (Å²) in [5, 5.41) is 14.7. The van der Waals surface area contributed by atoms with Crippen LogP contribution >= 0.6 is 0 Å². The molecule has 0 aliphatic heterocycles. The smallest absolute Gasteiger partial charge is 0.407 e. The lowest BCUT2D eigenvalue weighted by molar-refractivity contribution is -0.138. The Morgan fingerprint density at radius 2 is 1.51 bits per heavy atom. The molecule has 2 aromatic carbocycles. The van der Waals surface area contributed by atoms with E-state index in [0.29, 0.717) is 18.9 Å². The summed E-state index contributed by atoms with van der Waals surface area (Å²) >= 11 is 0. The van der Waals surface area contributed by atoms with Crippen LogP contribution in [-0.4, -0.2) is 42.3 Å². The summed E-state index contributed by atoms with van der Waals surface area (Å²) in [4.78, 5) is 36.3. The molecule has 0 fully saturated rings. The summed E-state index contributed by atoms with van der Waals surface area (Å²) < 4.78 is 5.58. The number of rotatable bonds is 11. The first-order chi connectivity index (χ1) is 16.7. The van der Waals surface area contributed by atoms with Crippen molar-refractivity contribution in [2.45, 2.75) is 52.5 Å². The minimum absolute atomic E-state index is 0.0143. The number of fused-ring (bicyclic) bond motifs is 3. The molecule has 7 nitrogen and oxygen atoms in total. The van der Waals surface area contributed by atoms with Crippen molar-refractivity contribution < 1.29 is 24.2 Å². The summed E-state index contributed by atoms with van der Waals surface area (Å²) in [6.07, 6.45) is 0.164. The molecule has 0 saturated carbocycles. The number of benzene rings is 2. The fourth-order valence-electron chi connectivity index (χ4n) is 4.74. The van der Waals surface area contributed by atoms with Gasteiger partial charge in [0.05, 0.1) is 5.92 Å². The van der Waals surface area contributed by atoms with Crippen LogP contribution in [0.5, 0.6) is 0 Å². The number of ether oxygens (including phenoxy) is 1. The molecule has 2 amide bonds. The van der Waals surface area contributed by atoms with Gasteiger partial charge in [-0.3, -0.25) is 9.59 Å². The van der Waals surface area contributed by atoms with Crippen LogP contribution in [0.15, 0.2) is 48.5 Å². The van der Waals surface area contributed by atoms with E-state index in [-0.39, 0.29) is 30.8 Å². The van der Waals surface area contributed by atoms with Gasteiger partial charge < -0.3 is 20.5 Å². The quantitative estimate of drug-likeness (QED) is 0.428. The molecule has 7 heteroatoms. The van der Waals surface area contributed by atoms with E-state index in [1.54, 1.807) is 13.8 Å². The zero-order valence-corrected chi connectivity index (χ0v) is 20.9. The van der Waals surface area contributed by atoms with E-state index in [0.717, 1.165) is 22.3 Å². The van der Waals surface area contributed by atoms with Crippen molar-refractivity contribution >= 4 is 18.0 Å². The Hall–Kier alpha value is -3.35. The molecule has 0 saturated heterocycles. The van der Waals surface area contributed by atoms with Crippen molar-refractivity contribution in [1.29, 1.82) is 0 Å². The SMILES string of the molecule is CC(C)CC(CNC(=O)C(C)C(C)NC(=O)OCC1c2ccccc2-c2ccccc21)CC(=O)O. The van der Waals surface area contributed by atoms with Crippen LogP contribution in [0.2, 0.25) is 0 Å². The van der Waals surface area contributed by atoms with Gasteiger partial charge >= 0.3 is 12.1 Å². The van der Waals surface area contributed by atoms with Crippen LogP contribution in [0.25, 0.3) is 11.1 Å². The van der Waals surface area contributed by atoms with Crippen molar-refractivity contribution in [2.24, 2.45) is 17.8 Å². The zero-order chi connectivity index (χ0) is 25.5. The maximum atomic E-state index is 12.6. The lowest BCUT2D eigenvalue weighted by Gasteiger charge is -2.23. The van der Waals surface area contributed by atoms with E-state index >= 15 is 0 Å². The van der Waals surface area contributed by atoms with Crippen molar-refractivity contribution in [3.05, 3.63) is 59.7 Å². The number of hydrogen-bond donors (Lipinski definition) is 3. The van der Waals surface area contributed by atoms with Crippen molar-refractivity contribution in [3.63, 3.8) is 0 Å². The highest BCUT2D eigenvalue weighted by Crippen LogP contribution is 2.44. The minimum Gasteiger partial charge on any atom is -0.481 e. The van der Waals surface area contributed by atoms with E-state index in [1.165, 1.54) is 0 Å². The van der Waals surface area contributed by atoms with Crippen molar-refractivity contribution in [3.8, 4) is 11.1 Å². The molecule has 0 bridgehead atoms. The predicted molar refractivity (Wildman–Crippen MR) is 135 cm³/mol. The molecule has 0 aromatic heterocycles. The van der Waals surface area contributed by atoms with Gasteiger partial charge in [0.25, 0.3) is 0 Å². The van der Waals surface area contributed by atoms with E-state index in [9.17, 15) is 14.4 Å². The summed E-state index contributed by atoms with van der Waals surface area (Å²) in [5.41, 5.74) is 4.60. The highest BCUT2D eigenvalue weighted by molar-refractivity contribution is 5.80. The Morgan fingerprint density at radius 1 is 0.943 bits per heavy atom. The average Bonchev–Trinajstić information content (AvgIpc) is 3.13. The van der Waals surface area contributed by atoms with Crippen molar-refractivity contribution in [1.82, 2.24) is 10.6 Å². The second kappa shape index (κ2) is 11.9. The van der Waals surface area contributed by atoms with E-state index in [1.807, 2.05) is 38.1 Å². The molecule has 1 aliphatic carbocycles. The normalized spacial score (nSPS) is 15.0. The van der Waals surface area contributed by atoms with Gasteiger partial charge in [0, 0.05) is 24.9 Å². The number of carboxylic acid groups (broad SMARTS) is 1. The summed E-state index contributed by atoms with van der Waals surface area (Å²) in [6, 6.07) is 15.8. The van der Waals surface area contributed by atoms with Crippen LogP contribution in [0.1, 0.15) is 57.6 Å². The van der Waals surface area contributed by atoms with Crippen LogP contribution < -0.4 is 10.6 Å². The van der Waals surface area contributed by atoms with Gasteiger partial charge in [-0.1, -0.05) is 69.3 Å². The highest BCUT2D eigenvalue weighted by Gasteiger charge is 2.30. The van der Waals surface area contributed by atoms with Crippen LogP contribution in [0, 0.1) is 17.8 Å². The largest absolute Gasteiger partial charge is 0.481 e. The molecule has 35 heavy (non-hydrogen) atoms. The number of carboxylic acids is 1. The number of hydrogen-bond acceptors (Lipinski definition) is 4. The summed E-state index contributed by atoms with van der Waals surface area (Å²) in [6.45, 7) is 8.05. The van der Waals surface area contributed by atoms with Crippen LogP contribution in [0.4, 0.5) is 4.79 Å². The van der Waals surface area contributed by atoms with E-state index in [2.05, 4.69) is 34.9 Å². The molecule has 2 aromatic rings. The average molecular weight is 481 g/mol. The number of carbonyl (C=O) groups excluding carboxylic acids is 2. The van der Waals surface area contributed by atoms with Crippen LogP contribution in [-0.2, 0) is 14.3 Å². The van der Waals surface area contributed by atoms with Crippen molar-refractivity contribution in [2.75, 3.05) is 13.2 Å². The Labute approximate surface area is 207 Å². The monoisotopic (exact) mass is 480 g/mol. The molecule has 3 rings (SSSR count). The topological polar surface area (TPSA) is 105 Å². The Balaban J connectivity index is 1.51. The molecular weight excluding hydrogens is 444 g/mol. The first-order valence-corrected chi connectivity index (χ1v) is 12.3. The van der Waals surface area contributed by atoms with E-state index in [4.69, 9.17) is 9.84 Å². The van der Waals surface area contributed by atoms with Gasteiger partial charge in [-0.05, 0) is 47.4 Å². The maximum Gasteiger partial charge on any atom is 0.407 e. The highest BCUT2D eigenvalue weighted by atomic mass is 16.5. The summed E-state index contributed by atoms with van der Waals surface area (Å²) in [7, 11) is 0. The van der Waals surface area contributed by atoms with Gasteiger partial charge in [-0.15, -0.1) is 0 Å². The fourth-order valence-corrected chi connectivity index (χ4v) is 4.74. The predicted octanol–water partition coefficient (Wildman–Crippen LogP) is 4.80. The molecule has 3 N–H and O–H groups in total. The molecule has 3 atom stereocenters. The standard InChI is InChI=1S/C28H36N2O5/c1-17(2)13-20(14-26(31)32)15-29-27(33)18(3)19(4)30-28(34)35-16-25-23-11-7-5-9-21(23)22-10-6-8-12-24(22)25/h5-12,17-20,25H,13-16H2,1-4H3,(H,29,33)(H,30,34)(H,31,32). The van der Waals surface area contributed by atoms with Crippen LogP contribution in [0.3, 0.4) is 0 Å². The third-order valence-electron chi connectivity index (χ3n) is 6.69. The lowest BCUT2D eigenvalue weighted by Crippen LogP contribution is -2.45. The lowest BCUT2D eigenvalue weighted by atomic mass is 9.93.